The molecule has 5 heteroatoms. The number of anilines is 2. The first-order valence-electron chi connectivity index (χ1n) is 7.56. The SMILES string of the molecule is CCN(CC(=O)N(C)c1ccc(N)cc1)CC1CCCO1. The summed E-state index contributed by atoms with van der Waals surface area (Å²) in [6.45, 7) is 5.02. The summed E-state index contributed by atoms with van der Waals surface area (Å²) < 4.78 is 5.64. The van der Waals surface area contributed by atoms with E-state index in [-0.39, 0.29) is 12.0 Å². The van der Waals surface area contributed by atoms with Crippen LogP contribution in [0.15, 0.2) is 24.3 Å². The summed E-state index contributed by atoms with van der Waals surface area (Å²) >= 11 is 0. The molecule has 1 aliphatic heterocycles. The van der Waals surface area contributed by atoms with E-state index in [9.17, 15) is 4.79 Å². The number of hydrogen-bond acceptors (Lipinski definition) is 4. The van der Waals surface area contributed by atoms with Crippen LogP contribution in [0.25, 0.3) is 0 Å². The van der Waals surface area contributed by atoms with Gasteiger partial charge in [0.2, 0.25) is 5.91 Å². The minimum atomic E-state index is 0.0830. The van der Waals surface area contributed by atoms with Gasteiger partial charge in [0.05, 0.1) is 12.6 Å². The van der Waals surface area contributed by atoms with E-state index in [1.807, 2.05) is 24.3 Å². The van der Waals surface area contributed by atoms with Crippen LogP contribution in [0.3, 0.4) is 0 Å². The highest BCUT2D eigenvalue weighted by atomic mass is 16.5. The molecule has 1 aromatic rings. The predicted molar refractivity (Wildman–Crippen MR) is 85.4 cm³/mol. The van der Waals surface area contributed by atoms with E-state index in [0.29, 0.717) is 12.2 Å². The van der Waals surface area contributed by atoms with Gasteiger partial charge in [-0.15, -0.1) is 0 Å². The monoisotopic (exact) mass is 291 g/mol. The fourth-order valence-corrected chi connectivity index (χ4v) is 2.52. The van der Waals surface area contributed by atoms with E-state index in [1.54, 1.807) is 11.9 Å². The molecule has 0 aliphatic carbocycles. The lowest BCUT2D eigenvalue weighted by Gasteiger charge is -2.26. The molecule has 1 unspecified atom stereocenters. The number of benzene rings is 1. The number of ether oxygens (including phenoxy) is 1. The van der Waals surface area contributed by atoms with Crippen molar-refractivity contribution < 1.29 is 9.53 Å². The summed E-state index contributed by atoms with van der Waals surface area (Å²) in [7, 11) is 1.80. The zero-order chi connectivity index (χ0) is 15.2. The Bertz CT molecular complexity index is 455. The Labute approximate surface area is 126 Å². The lowest BCUT2D eigenvalue weighted by molar-refractivity contribution is -0.119. The number of rotatable bonds is 6. The maximum atomic E-state index is 12.4. The Hall–Kier alpha value is -1.59. The van der Waals surface area contributed by atoms with Gasteiger partial charge in [-0.2, -0.15) is 0 Å². The van der Waals surface area contributed by atoms with Crippen LogP contribution in [0.5, 0.6) is 0 Å². The molecule has 1 aromatic carbocycles. The molecule has 0 saturated carbocycles. The molecule has 0 radical (unpaired) electrons. The summed E-state index contributed by atoms with van der Waals surface area (Å²) in [4.78, 5) is 16.2. The molecule has 2 N–H and O–H groups in total. The number of nitrogen functional groups attached to an aromatic ring is 1. The van der Waals surface area contributed by atoms with Gasteiger partial charge in [-0.05, 0) is 43.7 Å². The Morgan fingerprint density at radius 1 is 1.38 bits per heavy atom. The minimum Gasteiger partial charge on any atom is -0.399 e. The number of likely N-dealkylation sites (N-methyl/N-ethyl adjacent to an activating group) is 2. The third kappa shape index (κ3) is 4.44. The highest BCUT2D eigenvalue weighted by Crippen LogP contribution is 2.16. The number of hydrogen-bond donors (Lipinski definition) is 1. The summed E-state index contributed by atoms with van der Waals surface area (Å²) in [5, 5.41) is 0. The molecule has 0 bridgehead atoms. The number of carbonyl (C=O) groups excluding carboxylic acids is 1. The summed E-state index contributed by atoms with van der Waals surface area (Å²) in [6, 6.07) is 7.35. The van der Waals surface area contributed by atoms with Gasteiger partial charge in [0.1, 0.15) is 0 Å². The van der Waals surface area contributed by atoms with Crippen molar-refractivity contribution in [1.29, 1.82) is 0 Å². The molecule has 0 aromatic heterocycles. The Morgan fingerprint density at radius 2 is 2.10 bits per heavy atom. The van der Waals surface area contributed by atoms with Crippen LogP contribution in [0.4, 0.5) is 11.4 Å². The first-order valence-corrected chi connectivity index (χ1v) is 7.56. The predicted octanol–water partition coefficient (Wildman–Crippen LogP) is 1.73. The molecule has 1 atom stereocenters. The lowest BCUT2D eigenvalue weighted by Crippen LogP contribution is -2.41. The maximum Gasteiger partial charge on any atom is 0.240 e. The van der Waals surface area contributed by atoms with Gasteiger partial charge in [0.25, 0.3) is 0 Å². The number of nitrogens with two attached hydrogens (primary N) is 1. The third-order valence-corrected chi connectivity index (χ3v) is 3.95. The van der Waals surface area contributed by atoms with Gasteiger partial charge in [0, 0.05) is 31.6 Å². The van der Waals surface area contributed by atoms with Crippen LogP contribution in [0, 0.1) is 0 Å². The van der Waals surface area contributed by atoms with Crippen molar-refractivity contribution in [1.82, 2.24) is 4.90 Å². The zero-order valence-corrected chi connectivity index (χ0v) is 12.9. The second-order valence-corrected chi connectivity index (χ2v) is 5.51. The number of carbonyl (C=O) groups is 1. The second kappa shape index (κ2) is 7.43. The molecule has 1 saturated heterocycles. The van der Waals surface area contributed by atoms with E-state index >= 15 is 0 Å². The average Bonchev–Trinajstić information content (AvgIpc) is 2.99. The van der Waals surface area contributed by atoms with E-state index in [1.165, 1.54) is 0 Å². The molecular weight excluding hydrogens is 266 g/mol. The van der Waals surface area contributed by atoms with Crippen LogP contribution in [-0.4, -0.2) is 50.2 Å². The molecule has 1 amide bonds. The largest absolute Gasteiger partial charge is 0.399 e. The average molecular weight is 291 g/mol. The highest BCUT2D eigenvalue weighted by Gasteiger charge is 2.21. The van der Waals surface area contributed by atoms with E-state index in [0.717, 1.165) is 38.2 Å². The van der Waals surface area contributed by atoms with Crippen molar-refractivity contribution >= 4 is 17.3 Å². The summed E-state index contributed by atoms with van der Waals surface area (Å²) in [5.74, 6) is 0.0830. The van der Waals surface area contributed by atoms with Crippen molar-refractivity contribution in [2.24, 2.45) is 0 Å². The smallest absolute Gasteiger partial charge is 0.240 e. The molecule has 1 aliphatic rings. The van der Waals surface area contributed by atoms with Crippen LogP contribution < -0.4 is 10.6 Å². The van der Waals surface area contributed by atoms with Gasteiger partial charge in [-0.3, -0.25) is 9.69 Å². The topological polar surface area (TPSA) is 58.8 Å². The van der Waals surface area contributed by atoms with Gasteiger partial charge in [-0.25, -0.2) is 0 Å². The Morgan fingerprint density at radius 3 is 2.67 bits per heavy atom. The van der Waals surface area contributed by atoms with Crippen molar-refractivity contribution in [2.45, 2.75) is 25.9 Å². The van der Waals surface area contributed by atoms with E-state index in [2.05, 4.69) is 11.8 Å². The molecule has 1 heterocycles. The van der Waals surface area contributed by atoms with Gasteiger partial charge >= 0.3 is 0 Å². The quantitative estimate of drug-likeness (QED) is 0.811. The normalized spacial score (nSPS) is 18.1. The second-order valence-electron chi connectivity index (χ2n) is 5.51. The van der Waals surface area contributed by atoms with E-state index < -0.39 is 0 Å². The standard InChI is InChI=1S/C16H25N3O2/c1-3-19(11-15-5-4-10-21-15)12-16(20)18(2)14-8-6-13(17)7-9-14/h6-9,15H,3-5,10-12,17H2,1-2H3. The first kappa shape index (κ1) is 15.8. The fourth-order valence-electron chi connectivity index (χ4n) is 2.52. The van der Waals surface area contributed by atoms with Gasteiger partial charge in [-0.1, -0.05) is 6.92 Å². The summed E-state index contributed by atoms with van der Waals surface area (Å²) in [6.07, 6.45) is 2.50. The molecule has 21 heavy (non-hydrogen) atoms. The van der Waals surface area contributed by atoms with Crippen molar-refractivity contribution in [3.8, 4) is 0 Å². The highest BCUT2D eigenvalue weighted by molar-refractivity contribution is 5.94. The van der Waals surface area contributed by atoms with Crippen molar-refractivity contribution in [3.05, 3.63) is 24.3 Å². The van der Waals surface area contributed by atoms with Crippen molar-refractivity contribution in [3.63, 3.8) is 0 Å². The third-order valence-electron chi connectivity index (χ3n) is 3.95. The fraction of sp³-hybridized carbons (Fsp3) is 0.562. The molecule has 0 spiro atoms. The molecular formula is C16H25N3O2. The van der Waals surface area contributed by atoms with Gasteiger partial charge < -0.3 is 15.4 Å². The van der Waals surface area contributed by atoms with Crippen LogP contribution in [0.2, 0.25) is 0 Å². The molecule has 116 valence electrons. The van der Waals surface area contributed by atoms with Crippen LogP contribution >= 0.6 is 0 Å². The van der Waals surface area contributed by atoms with E-state index in [4.69, 9.17) is 10.5 Å². The minimum absolute atomic E-state index is 0.0830. The zero-order valence-electron chi connectivity index (χ0n) is 12.9. The molecule has 2 rings (SSSR count). The number of amides is 1. The maximum absolute atomic E-state index is 12.4. The Kier molecular flexibility index (Phi) is 5.59. The molecule has 5 nitrogen and oxygen atoms in total. The van der Waals surface area contributed by atoms with Crippen LogP contribution in [-0.2, 0) is 9.53 Å². The summed E-state index contributed by atoms with van der Waals surface area (Å²) in [5.41, 5.74) is 7.24. The lowest BCUT2D eigenvalue weighted by atomic mass is 10.2. The van der Waals surface area contributed by atoms with Crippen LogP contribution in [0.1, 0.15) is 19.8 Å². The Balaban J connectivity index is 1.90. The molecule has 1 fully saturated rings. The van der Waals surface area contributed by atoms with Gasteiger partial charge in [0.15, 0.2) is 0 Å². The van der Waals surface area contributed by atoms with Crippen molar-refractivity contribution in [2.75, 3.05) is 43.9 Å². The first-order chi connectivity index (χ1) is 10.1. The number of nitrogens with zero attached hydrogens (tertiary/aromatic N) is 2.